The monoisotopic (exact) mass is 410 g/mol. The zero-order valence-corrected chi connectivity index (χ0v) is 17.9. The van der Waals surface area contributed by atoms with Gasteiger partial charge in [0.2, 0.25) is 5.75 Å². The van der Waals surface area contributed by atoms with Crippen molar-refractivity contribution < 1.29 is 4.74 Å². The number of hydrogen-bond acceptors (Lipinski definition) is 3. The van der Waals surface area contributed by atoms with E-state index in [0.717, 1.165) is 29.8 Å². The number of aromatic nitrogens is 2. The first kappa shape index (κ1) is 20.6. The van der Waals surface area contributed by atoms with Crippen LogP contribution in [-0.2, 0) is 13.0 Å². The van der Waals surface area contributed by atoms with E-state index in [1.165, 1.54) is 5.56 Å². The molecule has 0 aliphatic carbocycles. The van der Waals surface area contributed by atoms with Gasteiger partial charge in [0.15, 0.2) is 0 Å². The highest BCUT2D eigenvalue weighted by atomic mass is 16.5. The second-order valence-corrected chi connectivity index (χ2v) is 7.56. The van der Waals surface area contributed by atoms with Crippen molar-refractivity contribution in [2.45, 2.75) is 33.2 Å². The van der Waals surface area contributed by atoms with Crippen molar-refractivity contribution >= 4 is 0 Å². The summed E-state index contributed by atoms with van der Waals surface area (Å²) in [7, 11) is 0. The molecule has 1 aromatic heterocycles. The maximum atomic E-state index is 13.4. The van der Waals surface area contributed by atoms with E-state index < -0.39 is 0 Å². The zero-order chi connectivity index (χ0) is 21.6. The lowest BCUT2D eigenvalue weighted by Crippen LogP contribution is -2.27. The molecule has 31 heavy (non-hydrogen) atoms. The minimum Gasteiger partial charge on any atom is -0.450 e. The van der Waals surface area contributed by atoms with Crippen LogP contribution in [0, 0.1) is 6.92 Å². The van der Waals surface area contributed by atoms with Crippen LogP contribution in [0.2, 0.25) is 0 Å². The summed E-state index contributed by atoms with van der Waals surface area (Å²) in [6.45, 7) is 4.38. The van der Waals surface area contributed by atoms with Crippen LogP contribution in [0.5, 0.6) is 11.5 Å². The summed E-state index contributed by atoms with van der Waals surface area (Å²) in [6.07, 6.45) is 1.65. The molecule has 0 aliphatic heterocycles. The van der Waals surface area contributed by atoms with E-state index in [1.54, 1.807) is 4.57 Å². The van der Waals surface area contributed by atoms with Crippen molar-refractivity contribution in [2.24, 2.45) is 0 Å². The van der Waals surface area contributed by atoms with Crippen LogP contribution in [0.1, 0.15) is 30.4 Å². The molecule has 0 N–H and O–H groups in total. The Morgan fingerprint density at radius 2 is 1.45 bits per heavy atom. The molecule has 0 unspecified atom stereocenters. The molecular formula is C27H26N2O2. The van der Waals surface area contributed by atoms with E-state index in [2.05, 4.69) is 43.3 Å². The highest BCUT2D eigenvalue weighted by Gasteiger charge is 2.16. The minimum absolute atomic E-state index is 0.146. The Balaban J connectivity index is 1.67. The number of aryl methyl sites for hydroxylation is 2. The molecule has 3 aromatic carbocycles. The fourth-order valence-corrected chi connectivity index (χ4v) is 3.62. The quantitative estimate of drug-likeness (QED) is 0.375. The molecular weight excluding hydrogens is 384 g/mol. The summed E-state index contributed by atoms with van der Waals surface area (Å²) in [6, 6.07) is 28.0. The van der Waals surface area contributed by atoms with Gasteiger partial charge in [0.05, 0.1) is 12.2 Å². The molecule has 4 aromatic rings. The predicted molar refractivity (Wildman–Crippen MR) is 125 cm³/mol. The van der Waals surface area contributed by atoms with Crippen LogP contribution >= 0.6 is 0 Å². The maximum Gasteiger partial charge on any atom is 0.297 e. The van der Waals surface area contributed by atoms with Gasteiger partial charge in [0.25, 0.3) is 5.56 Å². The standard InChI is InChI=1S/C27H26N2O2/c1-3-10-25-28-20(2)26(31-24-13-8-5-9-14-24)27(30)29(25)19-21-15-17-23(18-16-21)22-11-6-4-7-12-22/h4-9,11-18H,3,10,19H2,1-2H3. The first-order chi connectivity index (χ1) is 15.2. The third-order valence-corrected chi connectivity index (χ3v) is 5.21. The smallest absolute Gasteiger partial charge is 0.297 e. The molecule has 4 nitrogen and oxygen atoms in total. The van der Waals surface area contributed by atoms with Crippen LogP contribution in [0.3, 0.4) is 0 Å². The lowest BCUT2D eigenvalue weighted by molar-refractivity contribution is 0.454. The minimum atomic E-state index is -0.146. The summed E-state index contributed by atoms with van der Waals surface area (Å²) < 4.78 is 7.67. The Labute approximate surface area is 182 Å². The van der Waals surface area contributed by atoms with E-state index in [-0.39, 0.29) is 11.3 Å². The normalized spacial score (nSPS) is 10.8. The number of benzene rings is 3. The van der Waals surface area contributed by atoms with Crippen molar-refractivity contribution in [3.8, 4) is 22.6 Å². The van der Waals surface area contributed by atoms with Crippen LogP contribution in [-0.4, -0.2) is 9.55 Å². The van der Waals surface area contributed by atoms with Gasteiger partial charge in [-0.25, -0.2) is 4.98 Å². The molecule has 0 aliphatic rings. The Hall–Kier alpha value is -3.66. The fraction of sp³-hybridized carbons (Fsp3) is 0.185. The van der Waals surface area contributed by atoms with E-state index >= 15 is 0 Å². The SMILES string of the molecule is CCCc1nc(C)c(Oc2ccccc2)c(=O)n1Cc1ccc(-c2ccccc2)cc1. The second-order valence-electron chi connectivity index (χ2n) is 7.56. The largest absolute Gasteiger partial charge is 0.450 e. The van der Waals surface area contributed by atoms with Gasteiger partial charge in [0.1, 0.15) is 11.6 Å². The molecule has 0 saturated carbocycles. The number of para-hydroxylation sites is 1. The van der Waals surface area contributed by atoms with E-state index in [4.69, 9.17) is 9.72 Å². The van der Waals surface area contributed by atoms with Crippen molar-refractivity contribution in [3.63, 3.8) is 0 Å². The van der Waals surface area contributed by atoms with Crippen LogP contribution in [0.4, 0.5) is 0 Å². The lowest BCUT2D eigenvalue weighted by atomic mass is 10.0. The second kappa shape index (κ2) is 9.43. The van der Waals surface area contributed by atoms with E-state index in [9.17, 15) is 4.79 Å². The first-order valence-electron chi connectivity index (χ1n) is 10.6. The average molecular weight is 411 g/mol. The summed E-state index contributed by atoms with van der Waals surface area (Å²) in [5.74, 6) is 1.70. The topological polar surface area (TPSA) is 44.1 Å². The maximum absolute atomic E-state index is 13.4. The van der Waals surface area contributed by atoms with Gasteiger partial charge >= 0.3 is 0 Å². The van der Waals surface area contributed by atoms with E-state index in [0.29, 0.717) is 18.0 Å². The molecule has 0 atom stereocenters. The van der Waals surface area contributed by atoms with Gasteiger partial charge in [-0.15, -0.1) is 0 Å². The van der Waals surface area contributed by atoms with Gasteiger partial charge in [0, 0.05) is 6.42 Å². The summed E-state index contributed by atoms with van der Waals surface area (Å²) in [5.41, 5.74) is 3.85. The predicted octanol–water partition coefficient (Wildman–Crippen LogP) is 6.01. The fourth-order valence-electron chi connectivity index (χ4n) is 3.62. The molecule has 0 spiro atoms. The number of nitrogens with zero attached hydrogens (tertiary/aromatic N) is 2. The zero-order valence-electron chi connectivity index (χ0n) is 17.9. The van der Waals surface area contributed by atoms with Crippen molar-refractivity contribution in [1.82, 2.24) is 9.55 Å². The lowest BCUT2D eigenvalue weighted by Gasteiger charge is -2.16. The Kier molecular flexibility index (Phi) is 6.27. The molecule has 156 valence electrons. The Morgan fingerprint density at radius 1 is 0.839 bits per heavy atom. The Bertz CT molecular complexity index is 1200. The van der Waals surface area contributed by atoms with E-state index in [1.807, 2.05) is 55.5 Å². The van der Waals surface area contributed by atoms with Crippen molar-refractivity contribution in [3.05, 3.63) is 112 Å². The summed E-state index contributed by atoms with van der Waals surface area (Å²) in [5, 5.41) is 0. The summed E-state index contributed by atoms with van der Waals surface area (Å²) >= 11 is 0. The van der Waals surface area contributed by atoms with Crippen molar-refractivity contribution in [2.75, 3.05) is 0 Å². The molecule has 1 heterocycles. The van der Waals surface area contributed by atoms with Gasteiger partial charge in [-0.1, -0.05) is 79.7 Å². The Morgan fingerprint density at radius 3 is 2.10 bits per heavy atom. The highest BCUT2D eigenvalue weighted by molar-refractivity contribution is 5.63. The van der Waals surface area contributed by atoms with Gasteiger partial charge < -0.3 is 4.74 Å². The van der Waals surface area contributed by atoms with Gasteiger partial charge in [-0.3, -0.25) is 9.36 Å². The van der Waals surface area contributed by atoms with Gasteiger partial charge in [-0.05, 0) is 42.2 Å². The first-order valence-corrected chi connectivity index (χ1v) is 10.6. The number of ether oxygens (including phenoxy) is 1. The van der Waals surface area contributed by atoms with Crippen LogP contribution < -0.4 is 10.3 Å². The molecule has 0 fully saturated rings. The van der Waals surface area contributed by atoms with Crippen LogP contribution in [0.25, 0.3) is 11.1 Å². The summed E-state index contributed by atoms with van der Waals surface area (Å²) in [4.78, 5) is 18.1. The number of hydrogen-bond donors (Lipinski definition) is 0. The average Bonchev–Trinajstić information content (AvgIpc) is 2.81. The third kappa shape index (κ3) is 4.75. The van der Waals surface area contributed by atoms with Gasteiger partial charge in [-0.2, -0.15) is 0 Å². The van der Waals surface area contributed by atoms with Crippen LogP contribution in [0.15, 0.2) is 89.7 Å². The molecule has 0 amide bonds. The molecule has 4 heteroatoms. The third-order valence-electron chi connectivity index (χ3n) is 5.21. The molecule has 0 radical (unpaired) electrons. The highest BCUT2D eigenvalue weighted by Crippen LogP contribution is 2.22. The van der Waals surface area contributed by atoms with Crippen molar-refractivity contribution in [1.29, 1.82) is 0 Å². The number of rotatable bonds is 7. The molecule has 0 saturated heterocycles. The molecule has 4 rings (SSSR count). The molecule has 0 bridgehead atoms.